The minimum atomic E-state index is 0.0619. The lowest BCUT2D eigenvalue weighted by molar-refractivity contribution is 0.220. The number of carbonyl (C=O) groups is 1. The fraction of sp³-hybridized carbons (Fsp3) is 0.462. The van der Waals surface area contributed by atoms with Gasteiger partial charge in [0.05, 0.1) is 0 Å². The van der Waals surface area contributed by atoms with Crippen molar-refractivity contribution in [2.24, 2.45) is 0 Å². The first-order valence-corrected chi connectivity index (χ1v) is 7.01. The van der Waals surface area contributed by atoms with Gasteiger partial charge in [-0.15, -0.1) is 11.6 Å². The normalized spacial score (nSPS) is 15.6. The van der Waals surface area contributed by atoms with Gasteiger partial charge in [-0.2, -0.15) is 0 Å². The fourth-order valence-corrected chi connectivity index (χ4v) is 2.44. The molecule has 0 saturated carbocycles. The average molecular weight is 287 g/mol. The van der Waals surface area contributed by atoms with E-state index in [1.54, 1.807) is 4.90 Å². The largest absolute Gasteiger partial charge is 0.324 e. The first kappa shape index (κ1) is 13.5. The van der Waals surface area contributed by atoms with Crippen LogP contribution in [0.15, 0.2) is 24.3 Å². The second-order valence-corrected chi connectivity index (χ2v) is 5.11. The minimum absolute atomic E-state index is 0.0619. The quantitative estimate of drug-likeness (QED) is 0.599. The second kappa shape index (κ2) is 6.30. The number of nitrogens with zero attached hydrogens (tertiary/aromatic N) is 2. The molecule has 98 valence electrons. The zero-order valence-electron chi connectivity index (χ0n) is 10.1. The summed E-state index contributed by atoms with van der Waals surface area (Å²) in [6.07, 6.45) is 1.90. The summed E-state index contributed by atoms with van der Waals surface area (Å²) in [4.78, 5) is 15.8. The Morgan fingerprint density at radius 1 is 1.22 bits per heavy atom. The number of rotatable bonds is 5. The molecule has 1 saturated heterocycles. The standard InChI is InChI=1S/C13H16Cl2N2O/c14-6-1-2-7-16-8-9-17(13(16)18)12-5-3-4-11(15)10-12/h3-5,10H,1-2,6-9H2. The highest BCUT2D eigenvalue weighted by Gasteiger charge is 2.28. The molecule has 1 aliphatic rings. The van der Waals surface area contributed by atoms with E-state index in [-0.39, 0.29) is 6.03 Å². The van der Waals surface area contributed by atoms with Gasteiger partial charge in [0.1, 0.15) is 0 Å². The molecule has 0 aliphatic carbocycles. The highest BCUT2D eigenvalue weighted by Crippen LogP contribution is 2.23. The number of hydrogen-bond donors (Lipinski definition) is 0. The Kier molecular flexibility index (Phi) is 4.72. The number of anilines is 1. The molecule has 1 aliphatic heterocycles. The Bertz CT molecular complexity index is 425. The lowest BCUT2D eigenvalue weighted by Gasteiger charge is -2.18. The third-order valence-electron chi connectivity index (χ3n) is 3.03. The van der Waals surface area contributed by atoms with E-state index in [0.717, 1.165) is 38.2 Å². The van der Waals surface area contributed by atoms with Gasteiger partial charge in [0.15, 0.2) is 0 Å². The van der Waals surface area contributed by atoms with E-state index in [4.69, 9.17) is 23.2 Å². The number of carbonyl (C=O) groups excluding carboxylic acids is 1. The maximum atomic E-state index is 12.2. The van der Waals surface area contributed by atoms with Crippen molar-refractivity contribution in [3.05, 3.63) is 29.3 Å². The fourth-order valence-electron chi connectivity index (χ4n) is 2.07. The molecule has 3 nitrogen and oxygen atoms in total. The predicted molar refractivity (Wildman–Crippen MR) is 75.7 cm³/mol. The molecule has 2 amide bonds. The lowest BCUT2D eigenvalue weighted by Crippen LogP contribution is -2.32. The van der Waals surface area contributed by atoms with Crippen LogP contribution in [0.2, 0.25) is 5.02 Å². The number of urea groups is 1. The molecule has 0 bridgehead atoms. The van der Waals surface area contributed by atoms with E-state index in [2.05, 4.69) is 0 Å². The van der Waals surface area contributed by atoms with Gasteiger partial charge in [-0.1, -0.05) is 17.7 Å². The topological polar surface area (TPSA) is 23.6 Å². The van der Waals surface area contributed by atoms with Crippen LogP contribution in [-0.2, 0) is 0 Å². The molecular formula is C13H16Cl2N2O. The molecule has 0 atom stereocenters. The molecular weight excluding hydrogens is 271 g/mol. The van der Waals surface area contributed by atoms with Crippen LogP contribution < -0.4 is 4.90 Å². The van der Waals surface area contributed by atoms with E-state index in [9.17, 15) is 4.79 Å². The van der Waals surface area contributed by atoms with Crippen molar-refractivity contribution in [2.45, 2.75) is 12.8 Å². The molecule has 0 unspecified atom stereocenters. The maximum absolute atomic E-state index is 12.2. The van der Waals surface area contributed by atoms with Crippen LogP contribution in [0.1, 0.15) is 12.8 Å². The summed E-state index contributed by atoms with van der Waals surface area (Å²) >= 11 is 11.6. The number of hydrogen-bond acceptors (Lipinski definition) is 1. The van der Waals surface area contributed by atoms with Gasteiger partial charge in [0.25, 0.3) is 0 Å². The van der Waals surface area contributed by atoms with Crippen molar-refractivity contribution in [3.8, 4) is 0 Å². The number of unbranched alkanes of at least 4 members (excludes halogenated alkanes) is 1. The summed E-state index contributed by atoms with van der Waals surface area (Å²) in [5, 5.41) is 0.654. The lowest BCUT2D eigenvalue weighted by atomic mass is 10.3. The summed E-state index contributed by atoms with van der Waals surface area (Å²) in [5.41, 5.74) is 0.868. The first-order chi connectivity index (χ1) is 8.72. The van der Waals surface area contributed by atoms with Crippen LogP contribution in [-0.4, -0.2) is 36.4 Å². The summed E-state index contributed by atoms with van der Waals surface area (Å²) in [6.45, 7) is 2.27. The van der Waals surface area contributed by atoms with Crippen LogP contribution in [0.4, 0.5) is 10.5 Å². The van der Waals surface area contributed by atoms with Gasteiger partial charge in [-0.25, -0.2) is 4.79 Å². The number of amides is 2. The van der Waals surface area contributed by atoms with Crippen molar-refractivity contribution in [2.75, 3.05) is 30.4 Å². The Balaban J connectivity index is 1.98. The molecule has 18 heavy (non-hydrogen) atoms. The van der Waals surface area contributed by atoms with Crippen LogP contribution >= 0.6 is 23.2 Å². The molecule has 2 rings (SSSR count). The molecule has 1 heterocycles. The SMILES string of the molecule is O=C1N(CCCCCl)CCN1c1cccc(Cl)c1. The second-order valence-electron chi connectivity index (χ2n) is 4.30. The molecule has 0 aromatic heterocycles. The number of alkyl halides is 1. The van der Waals surface area contributed by atoms with Crippen molar-refractivity contribution in [1.82, 2.24) is 4.90 Å². The molecule has 1 aromatic carbocycles. The zero-order valence-corrected chi connectivity index (χ0v) is 11.6. The summed E-state index contributed by atoms with van der Waals surface area (Å²) in [5.74, 6) is 0.653. The average Bonchev–Trinajstić information content (AvgIpc) is 2.72. The highest BCUT2D eigenvalue weighted by atomic mass is 35.5. The smallest absolute Gasteiger partial charge is 0.323 e. The molecule has 0 radical (unpaired) electrons. The van der Waals surface area contributed by atoms with Crippen molar-refractivity contribution in [1.29, 1.82) is 0 Å². The van der Waals surface area contributed by atoms with Gasteiger partial charge in [0.2, 0.25) is 0 Å². The maximum Gasteiger partial charge on any atom is 0.324 e. The molecule has 5 heteroatoms. The molecule has 1 fully saturated rings. The Labute approximate surface area is 117 Å². The zero-order chi connectivity index (χ0) is 13.0. The number of halogens is 2. The molecule has 0 spiro atoms. The predicted octanol–water partition coefficient (Wildman–Crippen LogP) is 3.60. The molecule has 0 N–H and O–H groups in total. The Morgan fingerprint density at radius 3 is 2.78 bits per heavy atom. The summed E-state index contributed by atoms with van der Waals surface area (Å²) in [7, 11) is 0. The highest BCUT2D eigenvalue weighted by molar-refractivity contribution is 6.30. The van der Waals surface area contributed by atoms with Gasteiger partial charge in [0, 0.05) is 36.2 Å². The first-order valence-electron chi connectivity index (χ1n) is 6.10. The van der Waals surface area contributed by atoms with Gasteiger partial charge >= 0.3 is 6.03 Å². The summed E-state index contributed by atoms with van der Waals surface area (Å²) in [6, 6.07) is 7.46. The van der Waals surface area contributed by atoms with E-state index < -0.39 is 0 Å². The van der Waals surface area contributed by atoms with E-state index >= 15 is 0 Å². The monoisotopic (exact) mass is 286 g/mol. The summed E-state index contributed by atoms with van der Waals surface area (Å²) < 4.78 is 0. The molecule has 1 aromatic rings. The van der Waals surface area contributed by atoms with E-state index in [1.807, 2.05) is 29.2 Å². The number of benzene rings is 1. The van der Waals surface area contributed by atoms with E-state index in [1.165, 1.54) is 0 Å². The van der Waals surface area contributed by atoms with Crippen LogP contribution in [0.3, 0.4) is 0 Å². The van der Waals surface area contributed by atoms with E-state index in [0.29, 0.717) is 10.9 Å². The van der Waals surface area contributed by atoms with Crippen LogP contribution in [0.5, 0.6) is 0 Å². The van der Waals surface area contributed by atoms with Crippen molar-refractivity contribution in [3.63, 3.8) is 0 Å². The Hall–Kier alpha value is -0.930. The Morgan fingerprint density at radius 2 is 2.06 bits per heavy atom. The third kappa shape index (κ3) is 3.09. The van der Waals surface area contributed by atoms with Crippen LogP contribution in [0.25, 0.3) is 0 Å². The minimum Gasteiger partial charge on any atom is -0.323 e. The third-order valence-corrected chi connectivity index (χ3v) is 3.53. The van der Waals surface area contributed by atoms with Crippen LogP contribution in [0, 0.1) is 0 Å². The van der Waals surface area contributed by atoms with Crippen molar-refractivity contribution < 1.29 is 4.79 Å². The van der Waals surface area contributed by atoms with Crippen molar-refractivity contribution >= 4 is 34.9 Å². The van der Waals surface area contributed by atoms with Gasteiger partial charge in [-0.05, 0) is 31.0 Å². The van der Waals surface area contributed by atoms with Gasteiger partial charge in [-0.3, -0.25) is 4.90 Å². The van der Waals surface area contributed by atoms with Gasteiger partial charge < -0.3 is 4.90 Å².